The van der Waals surface area contributed by atoms with Crippen LogP contribution in [0.1, 0.15) is 12.0 Å². The number of rotatable bonds is 5. The average molecular weight is 299 g/mol. The summed E-state index contributed by atoms with van der Waals surface area (Å²) < 4.78 is 10.4. The Balaban J connectivity index is 1.78. The fourth-order valence-electron chi connectivity index (χ4n) is 1.71. The molecule has 1 heterocycles. The minimum Gasteiger partial charge on any atom is -0.461 e. The zero-order valence-electron chi connectivity index (χ0n) is 9.52. The summed E-state index contributed by atoms with van der Waals surface area (Å²) in [7, 11) is 0. The number of hydrogen-bond donors (Lipinski definition) is 0. The van der Waals surface area contributed by atoms with Crippen LogP contribution in [-0.2, 0) is 20.9 Å². The summed E-state index contributed by atoms with van der Waals surface area (Å²) in [5.74, 6) is -0.156. The zero-order valence-corrected chi connectivity index (χ0v) is 11.1. The Morgan fingerprint density at radius 2 is 2.06 bits per heavy atom. The lowest BCUT2D eigenvalue weighted by Gasteiger charge is -2.39. The van der Waals surface area contributed by atoms with Gasteiger partial charge in [-0.1, -0.05) is 46.3 Å². The Hall–Kier alpha value is -0.870. The molecule has 17 heavy (non-hydrogen) atoms. The first-order valence-electron chi connectivity index (χ1n) is 5.57. The molecule has 0 N–H and O–H groups in total. The summed E-state index contributed by atoms with van der Waals surface area (Å²) in [4.78, 5) is 11.7. The smallest absolute Gasteiger partial charge is 0.306 e. The quantitative estimate of drug-likeness (QED) is 0.619. The molecule has 0 aliphatic carbocycles. The Labute approximate surface area is 109 Å². The van der Waals surface area contributed by atoms with Gasteiger partial charge in [0.25, 0.3) is 0 Å². The van der Waals surface area contributed by atoms with Crippen LogP contribution >= 0.6 is 15.9 Å². The second-order valence-electron chi connectivity index (χ2n) is 4.45. The number of hydrogen-bond acceptors (Lipinski definition) is 3. The molecule has 1 aromatic rings. The summed E-state index contributed by atoms with van der Waals surface area (Å²) in [5, 5.41) is 0.778. The van der Waals surface area contributed by atoms with Crippen molar-refractivity contribution in [2.75, 3.05) is 18.5 Å². The highest BCUT2D eigenvalue weighted by Gasteiger charge is 2.40. The second kappa shape index (κ2) is 5.65. The van der Waals surface area contributed by atoms with Crippen LogP contribution in [0.4, 0.5) is 0 Å². The summed E-state index contributed by atoms with van der Waals surface area (Å²) in [5.41, 5.74) is 0.965. The van der Waals surface area contributed by atoms with Gasteiger partial charge < -0.3 is 9.47 Å². The lowest BCUT2D eigenvalue weighted by Crippen LogP contribution is -2.45. The predicted molar refractivity (Wildman–Crippen MR) is 67.9 cm³/mol. The van der Waals surface area contributed by atoms with Crippen molar-refractivity contribution >= 4 is 21.9 Å². The van der Waals surface area contributed by atoms with E-state index in [4.69, 9.17) is 9.47 Å². The van der Waals surface area contributed by atoms with Gasteiger partial charge in [0, 0.05) is 10.7 Å². The van der Waals surface area contributed by atoms with Crippen molar-refractivity contribution in [1.29, 1.82) is 0 Å². The Bertz CT molecular complexity index is 368. The molecule has 92 valence electrons. The van der Waals surface area contributed by atoms with E-state index in [0.717, 1.165) is 10.9 Å². The molecule has 0 saturated carbocycles. The molecule has 1 aliphatic heterocycles. The van der Waals surface area contributed by atoms with Crippen molar-refractivity contribution in [3.8, 4) is 0 Å². The van der Waals surface area contributed by atoms with Crippen LogP contribution in [0.25, 0.3) is 0 Å². The van der Waals surface area contributed by atoms with E-state index in [1.54, 1.807) is 0 Å². The highest BCUT2D eigenvalue weighted by Crippen LogP contribution is 2.33. The third-order valence-electron chi connectivity index (χ3n) is 2.86. The lowest BCUT2D eigenvalue weighted by atomic mass is 9.85. The van der Waals surface area contributed by atoms with E-state index in [1.165, 1.54) is 0 Å². The van der Waals surface area contributed by atoms with Gasteiger partial charge >= 0.3 is 5.97 Å². The molecule has 1 fully saturated rings. The molecule has 0 aromatic heterocycles. The van der Waals surface area contributed by atoms with Crippen LogP contribution in [-0.4, -0.2) is 24.5 Å². The van der Waals surface area contributed by atoms with E-state index < -0.39 is 0 Å². The van der Waals surface area contributed by atoms with E-state index >= 15 is 0 Å². The summed E-state index contributed by atoms with van der Waals surface area (Å²) in [6.45, 7) is 1.62. The first-order chi connectivity index (χ1) is 8.24. The summed E-state index contributed by atoms with van der Waals surface area (Å²) in [6.07, 6.45) is 0.422. The van der Waals surface area contributed by atoms with Crippen molar-refractivity contribution in [2.24, 2.45) is 5.41 Å². The van der Waals surface area contributed by atoms with Gasteiger partial charge in [-0.05, 0) is 5.56 Å². The molecule has 4 heteroatoms. The summed E-state index contributed by atoms with van der Waals surface area (Å²) >= 11 is 3.42. The van der Waals surface area contributed by atoms with Gasteiger partial charge in [0.05, 0.1) is 19.6 Å². The molecular formula is C13H15BrO3. The van der Waals surface area contributed by atoms with Gasteiger partial charge in [0.2, 0.25) is 0 Å². The Kier molecular flexibility index (Phi) is 4.18. The summed E-state index contributed by atoms with van der Waals surface area (Å²) in [6, 6.07) is 9.70. The van der Waals surface area contributed by atoms with E-state index in [0.29, 0.717) is 26.2 Å². The van der Waals surface area contributed by atoms with E-state index in [1.807, 2.05) is 30.3 Å². The molecule has 1 aliphatic rings. The average Bonchev–Trinajstić information content (AvgIpc) is 2.33. The standard InChI is InChI=1S/C13H15BrO3/c14-8-13(9-16-10-13)6-12(15)17-7-11-4-2-1-3-5-11/h1-5H,6-10H2. The van der Waals surface area contributed by atoms with Crippen LogP contribution in [0.5, 0.6) is 0 Å². The number of halogens is 1. The molecular weight excluding hydrogens is 284 g/mol. The maximum Gasteiger partial charge on any atom is 0.306 e. The molecule has 1 aromatic carbocycles. The van der Waals surface area contributed by atoms with Crippen LogP contribution in [0, 0.1) is 5.41 Å². The third kappa shape index (κ3) is 3.30. The maximum absolute atomic E-state index is 11.7. The van der Waals surface area contributed by atoms with Crippen LogP contribution in [0.3, 0.4) is 0 Å². The predicted octanol–water partition coefficient (Wildman–Crippen LogP) is 2.53. The molecule has 1 saturated heterocycles. The monoisotopic (exact) mass is 298 g/mol. The van der Waals surface area contributed by atoms with Gasteiger partial charge in [-0.3, -0.25) is 4.79 Å². The first-order valence-corrected chi connectivity index (χ1v) is 6.70. The molecule has 0 unspecified atom stereocenters. The molecule has 2 rings (SSSR count). The van der Waals surface area contributed by atoms with E-state index in [9.17, 15) is 4.79 Å². The molecule has 0 radical (unpaired) electrons. The molecule has 0 bridgehead atoms. The minimum absolute atomic E-state index is 0.0478. The first kappa shape index (κ1) is 12.6. The third-order valence-corrected chi connectivity index (χ3v) is 4.05. The largest absolute Gasteiger partial charge is 0.461 e. The number of esters is 1. The lowest BCUT2D eigenvalue weighted by molar-refractivity contribution is -0.159. The zero-order chi connectivity index (χ0) is 12.1. The van der Waals surface area contributed by atoms with E-state index in [2.05, 4.69) is 15.9 Å². The van der Waals surface area contributed by atoms with Crippen molar-refractivity contribution < 1.29 is 14.3 Å². The number of ether oxygens (including phenoxy) is 2. The Morgan fingerprint density at radius 3 is 2.59 bits per heavy atom. The molecule has 3 nitrogen and oxygen atoms in total. The van der Waals surface area contributed by atoms with Crippen LogP contribution in [0.2, 0.25) is 0 Å². The van der Waals surface area contributed by atoms with Gasteiger partial charge in [-0.2, -0.15) is 0 Å². The van der Waals surface area contributed by atoms with Gasteiger partial charge in [0.15, 0.2) is 0 Å². The molecule has 0 atom stereocenters. The topological polar surface area (TPSA) is 35.5 Å². The Morgan fingerprint density at radius 1 is 1.35 bits per heavy atom. The number of carbonyl (C=O) groups excluding carboxylic acids is 1. The van der Waals surface area contributed by atoms with Gasteiger partial charge in [-0.25, -0.2) is 0 Å². The highest BCUT2D eigenvalue weighted by atomic mass is 79.9. The maximum atomic E-state index is 11.7. The molecule has 0 amide bonds. The second-order valence-corrected chi connectivity index (χ2v) is 5.01. The number of benzene rings is 1. The number of alkyl halides is 1. The minimum atomic E-state index is -0.156. The SMILES string of the molecule is O=C(CC1(CBr)COC1)OCc1ccccc1. The highest BCUT2D eigenvalue weighted by molar-refractivity contribution is 9.09. The fourth-order valence-corrected chi connectivity index (χ4v) is 2.23. The molecule has 0 spiro atoms. The fraction of sp³-hybridized carbons (Fsp3) is 0.462. The van der Waals surface area contributed by atoms with Crippen LogP contribution in [0.15, 0.2) is 30.3 Å². The number of carbonyl (C=O) groups is 1. The van der Waals surface area contributed by atoms with Gasteiger partial charge in [0.1, 0.15) is 6.61 Å². The van der Waals surface area contributed by atoms with Crippen molar-refractivity contribution in [3.05, 3.63) is 35.9 Å². The van der Waals surface area contributed by atoms with E-state index in [-0.39, 0.29) is 11.4 Å². The van der Waals surface area contributed by atoms with Gasteiger partial charge in [-0.15, -0.1) is 0 Å². The van der Waals surface area contributed by atoms with Crippen molar-refractivity contribution in [2.45, 2.75) is 13.0 Å². The van der Waals surface area contributed by atoms with Crippen LogP contribution < -0.4 is 0 Å². The van der Waals surface area contributed by atoms with Crippen molar-refractivity contribution in [1.82, 2.24) is 0 Å². The van der Waals surface area contributed by atoms with Crippen molar-refractivity contribution in [3.63, 3.8) is 0 Å². The normalized spacial score (nSPS) is 17.2.